The lowest BCUT2D eigenvalue weighted by atomic mass is 9.88. The number of ketones is 1. The van der Waals surface area contributed by atoms with Gasteiger partial charge in [0.15, 0.2) is 0 Å². The molecule has 0 fully saturated rings. The maximum atomic E-state index is 11.8. The van der Waals surface area contributed by atoms with Crippen LogP contribution in [0, 0.1) is 0 Å². The number of hydrogen-bond donors (Lipinski definition) is 1. The first kappa shape index (κ1) is 12.4. The predicted molar refractivity (Wildman–Crippen MR) is 74.4 cm³/mol. The second kappa shape index (κ2) is 5.50. The van der Waals surface area contributed by atoms with E-state index in [0.717, 1.165) is 16.8 Å². The summed E-state index contributed by atoms with van der Waals surface area (Å²) >= 11 is 0. The van der Waals surface area contributed by atoms with Crippen LogP contribution in [0.1, 0.15) is 24.0 Å². The lowest BCUT2D eigenvalue weighted by molar-refractivity contribution is -0.118. The predicted octanol–water partition coefficient (Wildman–Crippen LogP) is 3.18. The van der Waals surface area contributed by atoms with Crippen molar-refractivity contribution >= 4 is 11.5 Å². The summed E-state index contributed by atoms with van der Waals surface area (Å²) in [5.41, 5.74) is 8.76. The van der Waals surface area contributed by atoms with Gasteiger partial charge in [-0.1, -0.05) is 48.5 Å². The van der Waals surface area contributed by atoms with E-state index in [-0.39, 0.29) is 11.7 Å². The molecule has 0 spiro atoms. The summed E-state index contributed by atoms with van der Waals surface area (Å²) in [5.74, 6) is 0.0559. The molecule has 0 heterocycles. The zero-order valence-electron chi connectivity index (χ0n) is 10.5. The van der Waals surface area contributed by atoms with Crippen molar-refractivity contribution in [3.05, 3.63) is 65.7 Å². The van der Waals surface area contributed by atoms with Gasteiger partial charge in [0, 0.05) is 11.6 Å². The number of anilines is 1. The molecule has 2 N–H and O–H groups in total. The molecular weight excluding hydrogens is 222 g/mol. The minimum absolute atomic E-state index is 0.115. The molecule has 0 aliphatic carbocycles. The Kier molecular flexibility index (Phi) is 3.78. The molecule has 0 aromatic heterocycles. The fourth-order valence-corrected chi connectivity index (χ4v) is 2.12. The van der Waals surface area contributed by atoms with Crippen molar-refractivity contribution in [2.75, 3.05) is 5.73 Å². The largest absolute Gasteiger partial charge is 0.399 e. The zero-order chi connectivity index (χ0) is 13.0. The summed E-state index contributed by atoms with van der Waals surface area (Å²) in [6.45, 7) is 1.64. The monoisotopic (exact) mass is 239 g/mol. The first-order chi connectivity index (χ1) is 8.68. The Morgan fingerprint density at radius 1 is 1.06 bits per heavy atom. The van der Waals surface area contributed by atoms with E-state index in [2.05, 4.69) is 0 Å². The van der Waals surface area contributed by atoms with Crippen LogP contribution in [-0.2, 0) is 11.2 Å². The van der Waals surface area contributed by atoms with E-state index < -0.39 is 0 Å². The van der Waals surface area contributed by atoms with Crippen LogP contribution < -0.4 is 5.73 Å². The van der Waals surface area contributed by atoms with E-state index in [1.54, 1.807) is 6.92 Å². The summed E-state index contributed by atoms with van der Waals surface area (Å²) in [7, 11) is 0. The molecule has 1 unspecified atom stereocenters. The average Bonchev–Trinajstić information content (AvgIpc) is 2.38. The highest BCUT2D eigenvalue weighted by Gasteiger charge is 2.17. The van der Waals surface area contributed by atoms with Crippen LogP contribution >= 0.6 is 0 Å². The Morgan fingerprint density at radius 3 is 2.28 bits per heavy atom. The molecular formula is C16H17NO. The minimum atomic E-state index is -0.115. The van der Waals surface area contributed by atoms with Gasteiger partial charge in [0.05, 0.1) is 0 Å². The Bertz CT molecular complexity index is 534. The summed E-state index contributed by atoms with van der Waals surface area (Å²) in [5, 5.41) is 0. The summed E-state index contributed by atoms with van der Waals surface area (Å²) < 4.78 is 0. The van der Waals surface area contributed by atoms with Crippen molar-refractivity contribution in [3.8, 4) is 0 Å². The molecule has 1 atom stereocenters. The lowest BCUT2D eigenvalue weighted by Gasteiger charge is -2.15. The van der Waals surface area contributed by atoms with Gasteiger partial charge in [0.2, 0.25) is 0 Å². The van der Waals surface area contributed by atoms with Gasteiger partial charge in [0.1, 0.15) is 5.78 Å². The number of rotatable bonds is 4. The van der Waals surface area contributed by atoms with Crippen LogP contribution in [0.4, 0.5) is 5.69 Å². The van der Waals surface area contributed by atoms with Crippen LogP contribution in [0.2, 0.25) is 0 Å². The number of nitrogen functional groups attached to an aromatic ring is 1. The van der Waals surface area contributed by atoms with E-state index >= 15 is 0 Å². The Labute approximate surface area is 107 Å². The molecule has 2 aromatic carbocycles. The van der Waals surface area contributed by atoms with Gasteiger partial charge in [0.25, 0.3) is 0 Å². The minimum Gasteiger partial charge on any atom is -0.399 e. The van der Waals surface area contributed by atoms with Crippen LogP contribution in [-0.4, -0.2) is 5.78 Å². The van der Waals surface area contributed by atoms with Gasteiger partial charge < -0.3 is 5.73 Å². The Balaban J connectivity index is 2.28. The highest BCUT2D eigenvalue weighted by molar-refractivity contribution is 5.84. The fourth-order valence-electron chi connectivity index (χ4n) is 2.12. The molecule has 0 aliphatic heterocycles. The van der Waals surface area contributed by atoms with Gasteiger partial charge in [-0.05, 0) is 30.5 Å². The molecule has 92 valence electrons. The van der Waals surface area contributed by atoms with Crippen LogP contribution in [0.5, 0.6) is 0 Å². The van der Waals surface area contributed by atoms with Crippen molar-refractivity contribution < 1.29 is 4.79 Å². The van der Waals surface area contributed by atoms with E-state index in [1.165, 1.54) is 0 Å². The molecule has 0 bridgehead atoms. The number of Topliss-reactive ketones (excluding diaryl/α,β-unsaturated/α-hetero) is 1. The molecule has 0 saturated carbocycles. The second-order valence-electron chi connectivity index (χ2n) is 4.48. The van der Waals surface area contributed by atoms with Crippen LogP contribution in [0.3, 0.4) is 0 Å². The molecule has 2 heteroatoms. The number of benzene rings is 2. The molecule has 0 aliphatic rings. The third-order valence-corrected chi connectivity index (χ3v) is 3.17. The van der Waals surface area contributed by atoms with E-state index in [0.29, 0.717) is 6.42 Å². The normalized spacial score (nSPS) is 12.1. The highest BCUT2D eigenvalue weighted by Crippen LogP contribution is 2.24. The van der Waals surface area contributed by atoms with Crippen molar-refractivity contribution in [1.29, 1.82) is 0 Å². The highest BCUT2D eigenvalue weighted by atomic mass is 16.1. The van der Waals surface area contributed by atoms with Gasteiger partial charge in [-0.2, -0.15) is 0 Å². The summed E-state index contributed by atoms with van der Waals surface area (Å²) in [6, 6.07) is 17.6. The van der Waals surface area contributed by atoms with Crippen molar-refractivity contribution in [2.24, 2.45) is 0 Å². The van der Waals surface area contributed by atoms with E-state index in [1.807, 2.05) is 54.6 Å². The quantitative estimate of drug-likeness (QED) is 0.833. The second-order valence-corrected chi connectivity index (χ2v) is 4.48. The van der Waals surface area contributed by atoms with Crippen molar-refractivity contribution in [1.82, 2.24) is 0 Å². The number of carbonyl (C=O) groups excluding carboxylic acids is 1. The average molecular weight is 239 g/mol. The van der Waals surface area contributed by atoms with Crippen LogP contribution in [0.15, 0.2) is 54.6 Å². The fraction of sp³-hybridized carbons (Fsp3) is 0.188. The number of nitrogens with two attached hydrogens (primary N) is 1. The zero-order valence-corrected chi connectivity index (χ0v) is 10.5. The van der Waals surface area contributed by atoms with Gasteiger partial charge in [-0.3, -0.25) is 4.79 Å². The molecule has 2 aromatic rings. The summed E-state index contributed by atoms with van der Waals surface area (Å²) in [4.78, 5) is 11.8. The van der Waals surface area contributed by atoms with Gasteiger partial charge in [-0.15, -0.1) is 0 Å². The third kappa shape index (κ3) is 2.77. The van der Waals surface area contributed by atoms with E-state index in [9.17, 15) is 4.79 Å². The molecule has 0 radical (unpaired) electrons. The van der Waals surface area contributed by atoms with Crippen LogP contribution in [0.25, 0.3) is 0 Å². The first-order valence-corrected chi connectivity index (χ1v) is 6.07. The molecule has 2 nitrogen and oxygen atoms in total. The van der Waals surface area contributed by atoms with E-state index in [4.69, 9.17) is 5.73 Å². The van der Waals surface area contributed by atoms with Gasteiger partial charge >= 0.3 is 0 Å². The smallest absolute Gasteiger partial charge is 0.137 e. The molecule has 2 rings (SSSR count). The van der Waals surface area contributed by atoms with Crippen molar-refractivity contribution in [3.63, 3.8) is 0 Å². The topological polar surface area (TPSA) is 43.1 Å². The number of hydrogen-bond acceptors (Lipinski definition) is 2. The summed E-state index contributed by atoms with van der Waals surface area (Å²) in [6.07, 6.45) is 0.659. The van der Waals surface area contributed by atoms with Gasteiger partial charge in [-0.25, -0.2) is 0 Å². The number of carbonyl (C=O) groups is 1. The standard InChI is InChI=1S/C16H17NO/c1-12(18)15(13-7-3-2-4-8-13)11-14-9-5-6-10-16(14)17/h2-10,15H,11,17H2,1H3. The molecule has 0 amide bonds. The Morgan fingerprint density at radius 2 is 1.67 bits per heavy atom. The molecule has 0 saturated heterocycles. The SMILES string of the molecule is CC(=O)C(Cc1ccccc1N)c1ccccc1. The number of para-hydroxylation sites is 1. The molecule has 18 heavy (non-hydrogen) atoms. The third-order valence-electron chi connectivity index (χ3n) is 3.17. The first-order valence-electron chi connectivity index (χ1n) is 6.07. The van der Waals surface area contributed by atoms with Crippen molar-refractivity contribution in [2.45, 2.75) is 19.3 Å². The lowest BCUT2D eigenvalue weighted by Crippen LogP contribution is -2.12. The maximum absolute atomic E-state index is 11.8. The Hall–Kier alpha value is -2.09. The maximum Gasteiger partial charge on any atom is 0.137 e.